The van der Waals surface area contributed by atoms with E-state index in [9.17, 15) is 13.2 Å². The number of carbonyl (C=O) groups is 1. The summed E-state index contributed by atoms with van der Waals surface area (Å²) in [6.07, 6.45) is 4.20. The molecule has 0 unspecified atom stereocenters. The maximum Gasteiger partial charge on any atom is 0.263 e. The van der Waals surface area contributed by atoms with E-state index in [2.05, 4.69) is 20.0 Å². The summed E-state index contributed by atoms with van der Waals surface area (Å²) in [5, 5.41) is 2.82. The Hall–Kier alpha value is -2.98. The number of unbranched alkanes of at least 4 members (excludes halogenated alkanes) is 2. The SMILES string of the molecule is COCCOc1ncccc1NC(=O)CCCCCN=C1NS(=O)(=O)c2ccccc21. The number of sulfonamides is 1. The summed E-state index contributed by atoms with van der Waals surface area (Å²) in [4.78, 5) is 21.0. The Morgan fingerprint density at radius 2 is 1.97 bits per heavy atom. The van der Waals surface area contributed by atoms with Crippen LogP contribution in [-0.4, -0.2) is 52.0 Å². The van der Waals surface area contributed by atoms with Crippen LogP contribution in [0.2, 0.25) is 0 Å². The molecule has 2 heterocycles. The van der Waals surface area contributed by atoms with Gasteiger partial charge in [-0.3, -0.25) is 14.5 Å². The van der Waals surface area contributed by atoms with Crippen molar-refractivity contribution in [1.29, 1.82) is 0 Å². The van der Waals surface area contributed by atoms with Crippen LogP contribution >= 0.6 is 0 Å². The van der Waals surface area contributed by atoms with Crippen molar-refractivity contribution in [3.05, 3.63) is 48.2 Å². The molecule has 1 aliphatic heterocycles. The Labute approximate surface area is 181 Å². The molecular formula is C21H26N4O5S. The van der Waals surface area contributed by atoms with Crippen LogP contribution in [0.1, 0.15) is 31.2 Å². The monoisotopic (exact) mass is 446 g/mol. The van der Waals surface area contributed by atoms with Gasteiger partial charge in [0.2, 0.25) is 11.8 Å². The second-order valence-electron chi connectivity index (χ2n) is 6.89. The van der Waals surface area contributed by atoms with E-state index in [1.165, 1.54) is 0 Å². The number of nitrogens with zero attached hydrogens (tertiary/aromatic N) is 2. The molecule has 2 N–H and O–H groups in total. The lowest BCUT2D eigenvalue weighted by molar-refractivity contribution is -0.116. The number of rotatable bonds is 11. The van der Waals surface area contributed by atoms with E-state index >= 15 is 0 Å². The number of amides is 1. The van der Waals surface area contributed by atoms with Gasteiger partial charge in [0.1, 0.15) is 18.1 Å². The summed E-state index contributed by atoms with van der Waals surface area (Å²) in [6.45, 7) is 1.26. The molecule has 0 saturated carbocycles. The van der Waals surface area contributed by atoms with Gasteiger partial charge in [0.25, 0.3) is 10.0 Å². The zero-order chi connectivity index (χ0) is 22.1. The molecule has 1 aromatic heterocycles. The van der Waals surface area contributed by atoms with E-state index in [0.717, 1.165) is 12.8 Å². The summed E-state index contributed by atoms with van der Waals surface area (Å²) in [5.41, 5.74) is 1.13. The van der Waals surface area contributed by atoms with Crippen molar-refractivity contribution in [2.45, 2.75) is 30.6 Å². The number of aromatic nitrogens is 1. The first-order chi connectivity index (χ1) is 15.0. The fourth-order valence-electron chi connectivity index (χ4n) is 3.05. The molecule has 0 fully saturated rings. The first-order valence-electron chi connectivity index (χ1n) is 10.0. The number of anilines is 1. The zero-order valence-corrected chi connectivity index (χ0v) is 18.2. The van der Waals surface area contributed by atoms with Crippen LogP contribution in [0.25, 0.3) is 0 Å². The molecule has 0 bridgehead atoms. The largest absolute Gasteiger partial charge is 0.474 e. The van der Waals surface area contributed by atoms with Crippen LogP contribution in [0.5, 0.6) is 5.88 Å². The van der Waals surface area contributed by atoms with Crippen molar-refractivity contribution in [2.75, 3.05) is 32.2 Å². The van der Waals surface area contributed by atoms with E-state index in [-0.39, 0.29) is 10.8 Å². The molecule has 9 nitrogen and oxygen atoms in total. The molecule has 0 saturated heterocycles. The van der Waals surface area contributed by atoms with Gasteiger partial charge in [0.15, 0.2) is 0 Å². The third-order valence-electron chi connectivity index (χ3n) is 4.57. The average Bonchev–Trinajstić information content (AvgIpc) is 3.02. The molecule has 3 rings (SSSR count). The van der Waals surface area contributed by atoms with Crippen molar-refractivity contribution in [2.24, 2.45) is 4.99 Å². The fraction of sp³-hybridized carbons (Fsp3) is 0.381. The molecule has 1 amide bonds. The summed E-state index contributed by atoms with van der Waals surface area (Å²) in [6, 6.07) is 10.2. The lowest BCUT2D eigenvalue weighted by atomic mass is 10.2. The van der Waals surface area contributed by atoms with Gasteiger partial charge >= 0.3 is 0 Å². The maximum atomic E-state index is 12.2. The predicted molar refractivity (Wildman–Crippen MR) is 117 cm³/mol. The van der Waals surface area contributed by atoms with Crippen LogP contribution in [-0.2, 0) is 19.6 Å². The molecule has 166 valence electrons. The Bertz CT molecular complexity index is 1040. The predicted octanol–water partition coefficient (Wildman–Crippen LogP) is 2.34. The number of benzene rings is 1. The molecule has 2 aromatic rings. The van der Waals surface area contributed by atoms with Crippen molar-refractivity contribution >= 4 is 27.5 Å². The molecule has 10 heteroatoms. The summed E-state index contributed by atoms with van der Waals surface area (Å²) < 4.78 is 37.1. The number of fused-ring (bicyclic) bond motifs is 1. The first kappa shape index (κ1) is 22.7. The van der Waals surface area contributed by atoms with Gasteiger partial charge in [0, 0.05) is 31.8 Å². The van der Waals surface area contributed by atoms with E-state index in [1.54, 1.807) is 49.7 Å². The quantitative estimate of drug-likeness (QED) is 0.512. The molecular weight excluding hydrogens is 420 g/mol. The van der Waals surface area contributed by atoms with Crippen LogP contribution in [0.3, 0.4) is 0 Å². The minimum absolute atomic E-state index is 0.117. The minimum atomic E-state index is -3.51. The van der Waals surface area contributed by atoms with Crippen molar-refractivity contribution in [3.63, 3.8) is 0 Å². The van der Waals surface area contributed by atoms with E-state index in [0.29, 0.717) is 55.6 Å². The van der Waals surface area contributed by atoms with Crippen LogP contribution in [0.15, 0.2) is 52.5 Å². The van der Waals surface area contributed by atoms with Gasteiger partial charge in [-0.2, -0.15) is 0 Å². The van der Waals surface area contributed by atoms with Crippen LogP contribution < -0.4 is 14.8 Å². The fourth-order valence-corrected chi connectivity index (χ4v) is 4.30. The summed E-state index contributed by atoms with van der Waals surface area (Å²) in [7, 11) is -1.93. The maximum absolute atomic E-state index is 12.2. The van der Waals surface area contributed by atoms with Gasteiger partial charge in [0.05, 0.1) is 11.5 Å². The second-order valence-corrected chi connectivity index (χ2v) is 8.54. The minimum Gasteiger partial charge on any atom is -0.474 e. The highest BCUT2D eigenvalue weighted by Gasteiger charge is 2.29. The number of amidine groups is 1. The molecule has 0 atom stereocenters. The Morgan fingerprint density at radius 1 is 1.13 bits per heavy atom. The molecule has 0 spiro atoms. The molecule has 0 radical (unpaired) electrons. The average molecular weight is 447 g/mol. The highest BCUT2D eigenvalue weighted by molar-refractivity contribution is 7.90. The van der Waals surface area contributed by atoms with Gasteiger partial charge in [-0.05, 0) is 37.1 Å². The number of ether oxygens (including phenoxy) is 2. The Kier molecular flexibility index (Phi) is 7.96. The van der Waals surface area contributed by atoms with Crippen molar-refractivity contribution in [3.8, 4) is 5.88 Å². The highest BCUT2D eigenvalue weighted by Crippen LogP contribution is 2.22. The number of methoxy groups -OCH3 is 1. The Balaban J connectivity index is 1.40. The summed E-state index contributed by atoms with van der Waals surface area (Å²) in [5.74, 6) is 0.627. The molecule has 1 aliphatic rings. The number of pyridine rings is 1. The van der Waals surface area contributed by atoms with E-state index in [1.807, 2.05) is 0 Å². The van der Waals surface area contributed by atoms with Crippen molar-refractivity contribution in [1.82, 2.24) is 9.71 Å². The van der Waals surface area contributed by atoms with E-state index < -0.39 is 10.0 Å². The van der Waals surface area contributed by atoms with Gasteiger partial charge < -0.3 is 14.8 Å². The second kappa shape index (κ2) is 10.9. The number of aliphatic imine (C=N–C) groups is 1. The van der Waals surface area contributed by atoms with Gasteiger partial charge in [-0.15, -0.1) is 0 Å². The number of hydrogen-bond donors (Lipinski definition) is 2. The normalized spacial score (nSPS) is 15.3. The Morgan fingerprint density at radius 3 is 2.81 bits per heavy atom. The van der Waals surface area contributed by atoms with Crippen LogP contribution in [0, 0.1) is 0 Å². The van der Waals surface area contributed by atoms with Crippen molar-refractivity contribution < 1.29 is 22.7 Å². The highest BCUT2D eigenvalue weighted by atomic mass is 32.2. The standard InChI is InChI=1S/C21H26N4O5S/c1-29-14-15-30-21-17(9-7-13-23-21)24-19(26)11-3-2-6-12-22-20-16-8-4-5-10-18(16)31(27,28)25-20/h4-5,7-10,13H,2-3,6,11-12,14-15H2,1H3,(H,22,25)(H,24,26). The van der Waals surface area contributed by atoms with Crippen LogP contribution in [0.4, 0.5) is 5.69 Å². The van der Waals surface area contributed by atoms with Gasteiger partial charge in [-0.1, -0.05) is 18.6 Å². The van der Waals surface area contributed by atoms with Gasteiger partial charge in [-0.25, -0.2) is 13.4 Å². The molecule has 0 aliphatic carbocycles. The first-order valence-corrected chi connectivity index (χ1v) is 11.5. The number of carbonyl (C=O) groups excluding carboxylic acids is 1. The topological polar surface area (TPSA) is 119 Å². The lowest BCUT2D eigenvalue weighted by Gasteiger charge is -2.11. The molecule has 31 heavy (non-hydrogen) atoms. The van der Waals surface area contributed by atoms with E-state index in [4.69, 9.17) is 9.47 Å². The number of hydrogen-bond acceptors (Lipinski definition) is 7. The zero-order valence-electron chi connectivity index (χ0n) is 17.3. The smallest absolute Gasteiger partial charge is 0.263 e. The third kappa shape index (κ3) is 6.25. The molecule has 1 aromatic carbocycles. The summed E-state index contributed by atoms with van der Waals surface area (Å²) >= 11 is 0. The third-order valence-corrected chi connectivity index (χ3v) is 5.96. The number of nitrogens with one attached hydrogen (secondary N) is 2. The lowest BCUT2D eigenvalue weighted by Crippen LogP contribution is -2.22.